The molecule has 0 spiro atoms. The summed E-state index contributed by atoms with van der Waals surface area (Å²) in [4.78, 5) is 25.6. The summed E-state index contributed by atoms with van der Waals surface area (Å²) in [5, 5.41) is 0. The first-order chi connectivity index (χ1) is 30.3. The lowest BCUT2D eigenvalue weighted by atomic mass is 10.1. The largest absolute Gasteiger partial charge is 0.493 e. The van der Waals surface area contributed by atoms with E-state index in [4.69, 9.17) is 37.9 Å². The monoisotopic (exact) mass is 886 g/mol. The van der Waals surface area contributed by atoms with Crippen molar-refractivity contribution in [3.63, 3.8) is 0 Å². The van der Waals surface area contributed by atoms with Crippen LogP contribution in [0.2, 0.25) is 0 Å². The molecule has 0 unspecified atom stereocenters. The Morgan fingerprint density at radius 2 is 0.758 bits per heavy atom. The summed E-state index contributed by atoms with van der Waals surface area (Å²) in [6.07, 6.45) is 17.0. The molecule has 0 saturated carbocycles. The third kappa shape index (κ3) is 16.6. The molecule has 4 aromatic rings. The van der Waals surface area contributed by atoms with Gasteiger partial charge in [-0.3, -0.25) is 9.59 Å². The van der Waals surface area contributed by atoms with Gasteiger partial charge in [0.1, 0.15) is 11.5 Å². The fourth-order valence-electron chi connectivity index (χ4n) is 6.44. The molecule has 0 aliphatic rings. The minimum absolute atomic E-state index is 0.164. The minimum atomic E-state index is -0.164. The van der Waals surface area contributed by atoms with Gasteiger partial charge in [-0.1, -0.05) is 74.9 Å². The van der Waals surface area contributed by atoms with Gasteiger partial charge >= 0.3 is 0 Å². The third-order valence-electron chi connectivity index (χ3n) is 9.83. The average molecular weight is 887 g/mol. The SMILES string of the molecule is COc1cc(C(=O)/C=C/c2ccc(OCCSCCCCCCCCCCSCCOc3ccc(/C=C/C(=O)c4cc(OC)c(OC)c(OC)c4)cc3)cc2)cc(OC)c1OC. The Morgan fingerprint density at radius 3 is 1.06 bits per heavy atom. The Hall–Kier alpha value is -5.20. The van der Waals surface area contributed by atoms with Crippen LogP contribution in [0.3, 0.4) is 0 Å². The van der Waals surface area contributed by atoms with Crippen LogP contribution in [0.25, 0.3) is 12.2 Å². The van der Waals surface area contributed by atoms with Crippen LogP contribution in [0.4, 0.5) is 0 Å². The fraction of sp³-hybridized carbons (Fsp3) is 0.400. The van der Waals surface area contributed by atoms with E-state index < -0.39 is 0 Å². The number of methoxy groups -OCH3 is 6. The van der Waals surface area contributed by atoms with E-state index in [0.717, 1.165) is 45.6 Å². The Bertz CT molecular complexity index is 1820. The van der Waals surface area contributed by atoms with E-state index >= 15 is 0 Å². The second-order valence-electron chi connectivity index (χ2n) is 14.1. The molecule has 0 fully saturated rings. The summed E-state index contributed by atoms with van der Waals surface area (Å²) in [6, 6.07) is 22.1. The van der Waals surface area contributed by atoms with Gasteiger partial charge in [-0.15, -0.1) is 0 Å². The number of benzene rings is 4. The first-order valence-corrected chi connectivity index (χ1v) is 23.3. The summed E-state index contributed by atoms with van der Waals surface area (Å²) < 4.78 is 44.0. The number of unbranched alkanes of at least 4 members (excludes halogenated alkanes) is 7. The molecule has 0 saturated heterocycles. The Morgan fingerprint density at radius 1 is 0.435 bits per heavy atom. The maximum atomic E-state index is 12.8. The van der Waals surface area contributed by atoms with Crippen LogP contribution >= 0.6 is 23.5 Å². The van der Waals surface area contributed by atoms with E-state index in [1.165, 1.54) is 106 Å². The molecule has 12 heteroatoms. The van der Waals surface area contributed by atoms with Crippen molar-refractivity contribution in [1.29, 1.82) is 0 Å². The molecule has 0 aliphatic heterocycles. The normalized spacial score (nSPS) is 11.1. The van der Waals surface area contributed by atoms with Gasteiger partial charge in [0, 0.05) is 22.6 Å². The fourth-order valence-corrected chi connectivity index (χ4v) is 8.07. The lowest BCUT2D eigenvalue weighted by Crippen LogP contribution is -2.01. The summed E-state index contributed by atoms with van der Waals surface area (Å²) in [5.74, 6) is 8.22. The second kappa shape index (κ2) is 28.4. The lowest BCUT2D eigenvalue weighted by Gasteiger charge is -2.13. The number of carbonyl (C=O) groups excluding carboxylic acids is 2. The average Bonchev–Trinajstić information content (AvgIpc) is 3.31. The molecule has 4 aromatic carbocycles. The van der Waals surface area contributed by atoms with E-state index in [2.05, 4.69) is 0 Å². The Labute approximate surface area is 376 Å². The van der Waals surface area contributed by atoms with Crippen LogP contribution in [0, 0.1) is 0 Å². The van der Waals surface area contributed by atoms with E-state index in [1.807, 2.05) is 72.1 Å². The number of hydrogen-bond donors (Lipinski definition) is 0. The highest BCUT2D eigenvalue weighted by molar-refractivity contribution is 7.99. The van der Waals surface area contributed by atoms with Crippen molar-refractivity contribution in [3.05, 3.63) is 107 Å². The predicted octanol–water partition coefficient (Wildman–Crippen LogP) is 11.6. The van der Waals surface area contributed by atoms with Crippen LogP contribution in [-0.4, -0.2) is 90.5 Å². The van der Waals surface area contributed by atoms with Crippen molar-refractivity contribution in [3.8, 4) is 46.0 Å². The number of carbonyl (C=O) groups is 2. The standard InChI is InChI=1S/C50H62O10S2/c1-53-45-33-39(34-46(54-2)49(45)57-5)43(51)25-19-37-15-21-41(22-16-37)59-27-31-61-29-13-11-9-7-8-10-12-14-30-62-32-28-60-42-23-17-38(18-24-42)20-26-44(52)40-35-47(55-3)50(58-6)48(36-40)56-4/h15-26,33-36H,7-14,27-32H2,1-6H3/b25-19+,26-20+. The first kappa shape index (κ1) is 49.5. The summed E-state index contributed by atoms with van der Waals surface area (Å²) in [5.41, 5.74) is 2.71. The van der Waals surface area contributed by atoms with Gasteiger partial charge < -0.3 is 37.9 Å². The molecular weight excluding hydrogens is 825 g/mol. The van der Waals surface area contributed by atoms with E-state index in [1.54, 1.807) is 36.4 Å². The second-order valence-corrected chi connectivity index (χ2v) is 16.6. The van der Waals surface area contributed by atoms with Crippen LogP contribution < -0.4 is 37.9 Å². The molecular formula is C50H62O10S2. The van der Waals surface area contributed by atoms with Crippen LogP contribution in [0.1, 0.15) is 83.2 Å². The van der Waals surface area contributed by atoms with E-state index in [-0.39, 0.29) is 11.6 Å². The number of allylic oxidation sites excluding steroid dienone is 2. The Balaban J connectivity index is 0.948. The highest BCUT2D eigenvalue weighted by Gasteiger charge is 2.17. The lowest BCUT2D eigenvalue weighted by molar-refractivity contribution is 0.103. The minimum Gasteiger partial charge on any atom is -0.493 e. The molecule has 4 rings (SSSR count). The Kier molecular flexibility index (Phi) is 22.7. The van der Waals surface area contributed by atoms with E-state index in [9.17, 15) is 9.59 Å². The molecule has 0 amide bonds. The van der Waals surface area contributed by atoms with Gasteiger partial charge in [0.2, 0.25) is 11.5 Å². The smallest absolute Gasteiger partial charge is 0.203 e. The van der Waals surface area contributed by atoms with E-state index in [0.29, 0.717) is 58.8 Å². The van der Waals surface area contributed by atoms with Crippen LogP contribution in [-0.2, 0) is 0 Å². The third-order valence-corrected chi connectivity index (χ3v) is 11.9. The number of ether oxygens (including phenoxy) is 8. The van der Waals surface area contributed by atoms with Gasteiger partial charge in [0.15, 0.2) is 34.6 Å². The quantitative estimate of drug-likeness (QED) is 0.0273. The molecule has 62 heavy (non-hydrogen) atoms. The van der Waals surface area contributed by atoms with Crippen molar-refractivity contribution in [2.75, 3.05) is 78.9 Å². The number of hydrogen-bond acceptors (Lipinski definition) is 12. The summed E-state index contributed by atoms with van der Waals surface area (Å²) >= 11 is 3.89. The summed E-state index contributed by atoms with van der Waals surface area (Å²) in [7, 11) is 9.16. The maximum absolute atomic E-state index is 12.8. The zero-order valence-corrected chi connectivity index (χ0v) is 38.7. The maximum Gasteiger partial charge on any atom is 0.203 e. The summed E-state index contributed by atoms with van der Waals surface area (Å²) in [6.45, 7) is 1.34. The molecule has 334 valence electrons. The highest BCUT2D eigenvalue weighted by Crippen LogP contribution is 2.39. The van der Waals surface area contributed by atoms with Crippen molar-refractivity contribution in [2.45, 2.75) is 51.4 Å². The molecule has 0 heterocycles. The topological polar surface area (TPSA) is 108 Å². The number of rotatable bonds is 31. The van der Waals surface area contributed by atoms with Crippen molar-refractivity contribution >= 4 is 47.2 Å². The molecule has 0 aromatic heterocycles. The van der Waals surface area contributed by atoms with Gasteiger partial charge in [-0.2, -0.15) is 23.5 Å². The van der Waals surface area contributed by atoms with Crippen LogP contribution in [0.5, 0.6) is 46.0 Å². The number of ketones is 2. The molecule has 0 radical (unpaired) electrons. The molecule has 10 nitrogen and oxygen atoms in total. The van der Waals surface area contributed by atoms with Crippen LogP contribution in [0.15, 0.2) is 84.9 Å². The van der Waals surface area contributed by atoms with Crippen molar-refractivity contribution < 1.29 is 47.5 Å². The van der Waals surface area contributed by atoms with Gasteiger partial charge in [-0.25, -0.2) is 0 Å². The van der Waals surface area contributed by atoms with Crippen molar-refractivity contribution in [2.24, 2.45) is 0 Å². The van der Waals surface area contributed by atoms with Gasteiger partial charge in [0.05, 0.1) is 55.9 Å². The zero-order valence-electron chi connectivity index (χ0n) is 37.0. The molecule has 0 atom stereocenters. The van der Waals surface area contributed by atoms with Crippen molar-refractivity contribution in [1.82, 2.24) is 0 Å². The molecule has 0 aliphatic carbocycles. The van der Waals surface area contributed by atoms with Gasteiger partial charge in [0.25, 0.3) is 0 Å². The first-order valence-electron chi connectivity index (χ1n) is 21.0. The number of thioether (sulfide) groups is 2. The molecule has 0 N–H and O–H groups in total. The highest BCUT2D eigenvalue weighted by atomic mass is 32.2. The predicted molar refractivity (Wildman–Crippen MR) is 254 cm³/mol. The van der Waals surface area contributed by atoms with Gasteiger partial charge in [-0.05, 0) is 96.2 Å². The zero-order chi connectivity index (χ0) is 44.4. The molecule has 0 bridgehead atoms.